The lowest BCUT2D eigenvalue weighted by molar-refractivity contribution is -0.115. The zero-order valence-corrected chi connectivity index (χ0v) is 19.0. The highest BCUT2D eigenvalue weighted by molar-refractivity contribution is 8.00. The number of fused-ring (bicyclic) bond motifs is 1. The number of thiophene rings is 1. The van der Waals surface area contributed by atoms with Crippen LogP contribution in [0.15, 0.2) is 63.9 Å². The predicted octanol–water partition coefficient (Wildman–Crippen LogP) is 5.31. The summed E-state index contributed by atoms with van der Waals surface area (Å²) in [6, 6.07) is 13.1. The molecule has 0 saturated carbocycles. The van der Waals surface area contributed by atoms with Gasteiger partial charge in [-0.3, -0.25) is 9.59 Å². The number of rotatable bonds is 7. The molecule has 2 N–H and O–H groups in total. The van der Waals surface area contributed by atoms with Crippen molar-refractivity contribution in [2.75, 3.05) is 11.9 Å². The third-order valence-corrected chi connectivity index (χ3v) is 6.52. The number of nitrogens with one attached hydrogen (secondary N) is 2. The van der Waals surface area contributed by atoms with Crippen LogP contribution >= 0.6 is 23.1 Å². The molecule has 0 aliphatic rings. The molecule has 2 heterocycles. The van der Waals surface area contributed by atoms with Crippen molar-refractivity contribution in [1.29, 1.82) is 0 Å². The van der Waals surface area contributed by atoms with Crippen LogP contribution in [0.2, 0.25) is 0 Å². The Labute approximate surface area is 191 Å². The second kappa shape index (κ2) is 9.54. The highest BCUT2D eigenvalue weighted by Crippen LogP contribution is 2.32. The van der Waals surface area contributed by atoms with E-state index in [0.717, 1.165) is 11.3 Å². The first kappa shape index (κ1) is 22.0. The minimum atomic E-state index is -0.487. The first-order valence-electron chi connectivity index (χ1n) is 9.92. The average Bonchev–Trinajstić information content (AvgIpc) is 3.20. The summed E-state index contributed by atoms with van der Waals surface area (Å²) in [7, 11) is 0. The van der Waals surface area contributed by atoms with Crippen LogP contribution < -0.4 is 15.6 Å². The average molecular weight is 470 g/mol. The quantitative estimate of drug-likeness (QED) is 0.283. The molecule has 2 aromatic carbocycles. The van der Waals surface area contributed by atoms with Gasteiger partial charge in [0.1, 0.15) is 16.4 Å². The van der Waals surface area contributed by atoms with Gasteiger partial charge in [0, 0.05) is 16.6 Å². The van der Waals surface area contributed by atoms with Crippen molar-refractivity contribution in [3.8, 4) is 16.9 Å². The molecule has 0 bridgehead atoms. The Balaban J connectivity index is 1.49. The van der Waals surface area contributed by atoms with Gasteiger partial charge in [-0.2, -0.15) is 0 Å². The van der Waals surface area contributed by atoms with E-state index in [-0.39, 0.29) is 17.3 Å². The molecule has 1 atom stereocenters. The second-order valence-corrected chi connectivity index (χ2v) is 9.10. The van der Waals surface area contributed by atoms with E-state index in [1.807, 2.05) is 12.3 Å². The summed E-state index contributed by atoms with van der Waals surface area (Å²) in [5.41, 5.74) is 1.81. The van der Waals surface area contributed by atoms with E-state index in [1.54, 1.807) is 43.3 Å². The number of H-pyrrole nitrogens is 1. The Morgan fingerprint density at radius 2 is 1.94 bits per heavy atom. The molecule has 1 unspecified atom stereocenters. The van der Waals surface area contributed by atoms with Gasteiger partial charge >= 0.3 is 0 Å². The van der Waals surface area contributed by atoms with Crippen molar-refractivity contribution in [2.45, 2.75) is 24.3 Å². The third-order valence-electron chi connectivity index (χ3n) is 4.67. The van der Waals surface area contributed by atoms with E-state index in [1.165, 1.54) is 35.2 Å². The van der Waals surface area contributed by atoms with Gasteiger partial charge in [-0.25, -0.2) is 9.37 Å². The number of benzene rings is 2. The lowest BCUT2D eigenvalue weighted by Gasteiger charge is -2.12. The number of hydrogen-bond acceptors (Lipinski definition) is 6. The molecule has 0 radical (unpaired) electrons. The van der Waals surface area contributed by atoms with E-state index in [2.05, 4.69) is 15.3 Å². The molecule has 164 valence electrons. The lowest BCUT2D eigenvalue weighted by atomic mass is 10.1. The lowest BCUT2D eigenvalue weighted by Crippen LogP contribution is -2.23. The topological polar surface area (TPSA) is 84.1 Å². The summed E-state index contributed by atoms with van der Waals surface area (Å²) in [5, 5.41) is 5.01. The molecule has 0 fully saturated rings. The molecule has 0 aliphatic heterocycles. The van der Waals surface area contributed by atoms with Crippen LogP contribution in [0.1, 0.15) is 13.8 Å². The van der Waals surface area contributed by atoms with E-state index in [4.69, 9.17) is 4.74 Å². The molecule has 0 spiro atoms. The molecule has 0 saturated heterocycles. The van der Waals surface area contributed by atoms with Crippen LogP contribution in [-0.2, 0) is 4.79 Å². The summed E-state index contributed by atoms with van der Waals surface area (Å²) in [6.07, 6.45) is 0. The number of carbonyl (C=O) groups is 1. The number of thioether (sulfide) groups is 1. The van der Waals surface area contributed by atoms with Crippen molar-refractivity contribution in [3.05, 3.63) is 70.1 Å². The minimum Gasteiger partial charge on any atom is -0.494 e. The van der Waals surface area contributed by atoms with Crippen LogP contribution in [0, 0.1) is 5.82 Å². The maximum atomic E-state index is 13.2. The van der Waals surface area contributed by atoms with Crippen LogP contribution in [-0.4, -0.2) is 27.7 Å². The van der Waals surface area contributed by atoms with Crippen LogP contribution in [0.4, 0.5) is 10.1 Å². The molecular formula is C23H20FN3O3S2. The first-order valence-corrected chi connectivity index (χ1v) is 11.7. The predicted molar refractivity (Wildman–Crippen MR) is 127 cm³/mol. The van der Waals surface area contributed by atoms with Gasteiger partial charge in [0.2, 0.25) is 5.91 Å². The normalized spacial score (nSPS) is 12.0. The van der Waals surface area contributed by atoms with E-state index < -0.39 is 5.25 Å². The fourth-order valence-electron chi connectivity index (χ4n) is 3.09. The number of amides is 1. The van der Waals surface area contributed by atoms with Gasteiger partial charge in [-0.05, 0) is 55.8 Å². The van der Waals surface area contributed by atoms with Crippen LogP contribution in [0.5, 0.6) is 5.75 Å². The Morgan fingerprint density at radius 3 is 2.62 bits per heavy atom. The third kappa shape index (κ3) is 4.84. The summed E-state index contributed by atoms with van der Waals surface area (Å²) >= 11 is 2.51. The van der Waals surface area contributed by atoms with Crippen molar-refractivity contribution >= 4 is 44.9 Å². The molecule has 9 heteroatoms. The number of nitrogens with zero attached hydrogens (tertiary/aromatic N) is 1. The number of aromatic amines is 1. The molecule has 32 heavy (non-hydrogen) atoms. The Kier molecular flexibility index (Phi) is 6.57. The van der Waals surface area contributed by atoms with E-state index in [9.17, 15) is 14.0 Å². The van der Waals surface area contributed by atoms with Crippen molar-refractivity contribution in [2.24, 2.45) is 0 Å². The number of carbonyl (C=O) groups excluding carboxylic acids is 1. The van der Waals surface area contributed by atoms with Gasteiger partial charge in [-0.15, -0.1) is 11.3 Å². The molecular weight excluding hydrogens is 449 g/mol. The fraction of sp³-hybridized carbons (Fsp3) is 0.174. The summed E-state index contributed by atoms with van der Waals surface area (Å²) in [6.45, 7) is 4.23. The smallest absolute Gasteiger partial charge is 0.260 e. The standard InChI is InChI=1S/C23H20FN3O3S2/c1-3-30-17-10-8-16(9-11-17)25-20(28)13(2)32-23-26-21(29)19-18(12-31-22(19)27-23)14-4-6-15(24)7-5-14/h4-13H,3H2,1-2H3,(H,25,28)(H,26,27,29). The van der Waals surface area contributed by atoms with Gasteiger partial charge in [0.15, 0.2) is 5.16 Å². The van der Waals surface area contributed by atoms with Crippen molar-refractivity contribution < 1.29 is 13.9 Å². The minimum absolute atomic E-state index is 0.208. The number of hydrogen-bond donors (Lipinski definition) is 2. The summed E-state index contributed by atoms with van der Waals surface area (Å²) < 4.78 is 18.6. The zero-order valence-electron chi connectivity index (χ0n) is 17.3. The number of anilines is 1. The van der Waals surface area contributed by atoms with E-state index >= 15 is 0 Å². The van der Waals surface area contributed by atoms with Gasteiger partial charge in [0.05, 0.1) is 17.2 Å². The maximum absolute atomic E-state index is 13.2. The Bertz CT molecular complexity index is 1300. The molecule has 4 aromatic rings. The Hall–Kier alpha value is -3.17. The molecule has 6 nitrogen and oxygen atoms in total. The largest absolute Gasteiger partial charge is 0.494 e. The van der Waals surface area contributed by atoms with Gasteiger partial charge < -0.3 is 15.0 Å². The molecule has 1 amide bonds. The first-order chi connectivity index (χ1) is 15.4. The number of ether oxygens (including phenoxy) is 1. The maximum Gasteiger partial charge on any atom is 0.260 e. The monoisotopic (exact) mass is 469 g/mol. The summed E-state index contributed by atoms with van der Waals surface area (Å²) in [5.74, 6) is 0.190. The second-order valence-electron chi connectivity index (χ2n) is 6.91. The van der Waals surface area contributed by atoms with Gasteiger partial charge in [-0.1, -0.05) is 23.9 Å². The zero-order chi connectivity index (χ0) is 22.7. The SMILES string of the molecule is CCOc1ccc(NC(=O)C(C)Sc2nc3scc(-c4ccc(F)cc4)c3c(=O)[nH]2)cc1. The molecule has 4 rings (SSSR count). The van der Waals surface area contributed by atoms with Crippen LogP contribution in [0.3, 0.4) is 0 Å². The van der Waals surface area contributed by atoms with Crippen molar-refractivity contribution in [1.82, 2.24) is 9.97 Å². The summed E-state index contributed by atoms with van der Waals surface area (Å²) in [4.78, 5) is 33.2. The fourth-order valence-corrected chi connectivity index (χ4v) is 4.90. The molecule has 2 aromatic heterocycles. The Morgan fingerprint density at radius 1 is 1.22 bits per heavy atom. The number of halogens is 1. The molecule has 0 aliphatic carbocycles. The number of aromatic nitrogens is 2. The van der Waals surface area contributed by atoms with Crippen LogP contribution in [0.25, 0.3) is 21.3 Å². The van der Waals surface area contributed by atoms with E-state index in [0.29, 0.717) is 33.2 Å². The van der Waals surface area contributed by atoms with Gasteiger partial charge in [0.25, 0.3) is 5.56 Å². The highest BCUT2D eigenvalue weighted by Gasteiger charge is 2.19. The highest BCUT2D eigenvalue weighted by atomic mass is 32.2. The van der Waals surface area contributed by atoms with Crippen molar-refractivity contribution in [3.63, 3.8) is 0 Å².